The Hall–Kier alpha value is -2.11. The average Bonchev–Trinajstić information content (AvgIpc) is 3.10. The topological polar surface area (TPSA) is 34.6 Å². The molecule has 0 amide bonds. The minimum absolute atomic E-state index is 0.208. The Morgan fingerprint density at radius 3 is 2.55 bits per heavy atom. The predicted molar refractivity (Wildman–Crippen MR) is 123 cm³/mol. The van der Waals surface area contributed by atoms with Crippen LogP contribution in [0.3, 0.4) is 0 Å². The molecule has 1 fully saturated rings. The van der Waals surface area contributed by atoms with Crippen LogP contribution >= 0.6 is 23.2 Å². The summed E-state index contributed by atoms with van der Waals surface area (Å²) in [7, 11) is 1.72. The quantitative estimate of drug-likeness (QED) is 0.483. The van der Waals surface area contributed by atoms with Gasteiger partial charge in [0.2, 0.25) is 0 Å². The first-order valence-electron chi connectivity index (χ1n) is 10.5. The van der Waals surface area contributed by atoms with Gasteiger partial charge in [0.1, 0.15) is 17.5 Å². The summed E-state index contributed by atoms with van der Waals surface area (Å²) in [6, 6.07) is 17.9. The van der Waals surface area contributed by atoms with E-state index in [4.69, 9.17) is 37.7 Å². The number of hydrogen-bond donors (Lipinski definition) is 0. The maximum atomic E-state index is 6.77. The molecule has 0 bridgehead atoms. The zero-order valence-electron chi connectivity index (χ0n) is 17.4. The second-order valence-corrected chi connectivity index (χ2v) is 9.10. The van der Waals surface area contributed by atoms with Crippen molar-refractivity contribution in [2.75, 3.05) is 20.2 Å². The van der Waals surface area contributed by atoms with Crippen molar-refractivity contribution in [2.24, 2.45) is 0 Å². The van der Waals surface area contributed by atoms with E-state index >= 15 is 0 Å². The molecular weight excluding hydrogens is 431 g/mol. The molecule has 1 aromatic heterocycles. The van der Waals surface area contributed by atoms with Crippen molar-refractivity contribution in [3.63, 3.8) is 0 Å². The van der Waals surface area contributed by atoms with Crippen LogP contribution in [0.25, 0.3) is 0 Å². The van der Waals surface area contributed by atoms with Gasteiger partial charge in [-0.1, -0.05) is 47.5 Å². The summed E-state index contributed by atoms with van der Waals surface area (Å²) in [5.41, 5.74) is 3.96. The lowest BCUT2D eigenvalue weighted by Gasteiger charge is -2.39. The van der Waals surface area contributed by atoms with Gasteiger partial charge in [-0.15, -0.1) is 0 Å². The Bertz CT molecular complexity index is 1080. The van der Waals surface area contributed by atoms with Crippen molar-refractivity contribution in [1.29, 1.82) is 0 Å². The van der Waals surface area contributed by atoms with E-state index < -0.39 is 0 Å². The SMILES string of the molecule is COc1ccccc1CN1CCC2(CC1)OC(c1cc(Cl)cc(Cl)c1)c1cccnc12. The van der Waals surface area contributed by atoms with Crippen molar-refractivity contribution >= 4 is 23.2 Å². The van der Waals surface area contributed by atoms with Crippen LogP contribution in [0.1, 0.15) is 41.3 Å². The molecule has 3 aromatic rings. The van der Waals surface area contributed by atoms with Gasteiger partial charge in [-0.3, -0.25) is 9.88 Å². The largest absolute Gasteiger partial charge is 0.496 e. The average molecular weight is 455 g/mol. The third kappa shape index (κ3) is 3.94. The van der Waals surface area contributed by atoms with E-state index in [2.05, 4.69) is 23.1 Å². The number of methoxy groups -OCH3 is 1. The zero-order chi connectivity index (χ0) is 21.4. The van der Waals surface area contributed by atoms with E-state index in [1.54, 1.807) is 13.2 Å². The van der Waals surface area contributed by atoms with Crippen molar-refractivity contribution < 1.29 is 9.47 Å². The summed E-state index contributed by atoms with van der Waals surface area (Å²) < 4.78 is 12.3. The second-order valence-electron chi connectivity index (χ2n) is 8.22. The van der Waals surface area contributed by atoms with Crippen LogP contribution in [-0.2, 0) is 16.9 Å². The first-order valence-corrected chi connectivity index (χ1v) is 11.3. The van der Waals surface area contributed by atoms with Crippen molar-refractivity contribution in [1.82, 2.24) is 9.88 Å². The molecule has 5 rings (SSSR count). The number of nitrogens with zero attached hydrogens (tertiary/aromatic N) is 2. The summed E-state index contributed by atoms with van der Waals surface area (Å²) >= 11 is 12.6. The van der Waals surface area contributed by atoms with Gasteiger partial charge in [0.05, 0.1) is 12.8 Å². The molecule has 1 unspecified atom stereocenters. The fraction of sp³-hybridized carbons (Fsp3) is 0.320. The van der Waals surface area contributed by atoms with Gasteiger partial charge in [0.25, 0.3) is 0 Å². The smallest absolute Gasteiger partial charge is 0.123 e. The molecule has 0 saturated carbocycles. The Labute approximate surface area is 192 Å². The molecular formula is C25H24Cl2N2O2. The van der Waals surface area contributed by atoms with Gasteiger partial charge in [0.15, 0.2) is 0 Å². The highest BCUT2D eigenvalue weighted by Gasteiger charge is 2.48. The molecule has 1 atom stereocenters. The molecule has 6 heteroatoms. The first-order chi connectivity index (χ1) is 15.1. The molecule has 2 aromatic carbocycles. The van der Waals surface area contributed by atoms with E-state index in [9.17, 15) is 0 Å². The fourth-order valence-electron chi connectivity index (χ4n) is 4.83. The standard InChI is InChI=1S/C25H24Cl2N2O2/c1-30-22-7-3-2-5-17(22)16-29-11-8-25(9-12-29)24-21(6-4-10-28-24)23(31-25)18-13-19(26)15-20(27)14-18/h2-7,10,13-15,23H,8-9,11-12,16H2,1H3. The highest BCUT2D eigenvalue weighted by molar-refractivity contribution is 6.34. The predicted octanol–water partition coefficient (Wildman–Crippen LogP) is 6.01. The second kappa shape index (κ2) is 8.44. The molecule has 1 saturated heterocycles. The maximum Gasteiger partial charge on any atom is 0.123 e. The number of pyridine rings is 1. The highest BCUT2D eigenvalue weighted by atomic mass is 35.5. The van der Waals surface area contributed by atoms with Crippen molar-refractivity contribution in [2.45, 2.75) is 31.1 Å². The normalized spacial score (nSPS) is 20.0. The molecule has 0 radical (unpaired) electrons. The van der Waals surface area contributed by atoms with Crippen LogP contribution < -0.4 is 4.74 Å². The summed E-state index contributed by atoms with van der Waals surface area (Å²) in [4.78, 5) is 7.22. The molecule has 0 N–H and O–H groups in total. The van der Waals surface area contributed by atoms with Gasteiger partial charge in [-0.05, 0) is 48.7 Å². The number of fused-ring (bicyclic) bond motifs is 2. The van der Waals surface area contributed by atoms with E-state index in [0.29, 0.717) is 10.0 Å². The Morgan fingerprint density at radius 2 is 1.81 bits per heavy atom. The van der Waals surface area contributed by atoms with Gasteiger partial charge < -0.3 is 9.47 Å². The molecule has 2 aliphatic heterocycles. The molecule has 1 spiro atoms. The lowest BCUT2D eigenvalue weighted by molar-refractivity contribution is -0.0996. The third-order valence-electron chi connectivity index (χ3n) is 6.33. The lowest BCUT2D eigenvalue weighted by atomic mass is 9.86. The van der Waals surface area contributed by atoms with E-state index in [1.165, 1.54) is 5.56 Å². The molecule has 0 aliphatic carbocycles. The van der Waals surface area contributed by atoms with Crippen LogP contribution in [0.2, 0.25) is 10.0 Å². The van der Waals surface area contributed by atoms with Crippen molar-refractivity contribution in [3.05, 3.63) is 93.2 Å². The van der Waals surface area contributed by atoms with Gasteiger partial charge >= 0.3 is 0 Å². The van der Waals surface area contributed by atoms with Gasteiger partial charge in [-0.2, -0.15) is 0 Å². The van der Waals surface area contributed by atoms with Crippen LogP contribution in [0.15, 0.2) is 60.8 Å². The third-order valence-corrected chi connectivity index (χ3v) is 6.77. The minimum Gasteiger partial charge on any atom is -0.496 e. The number of hydrogen-bond acceptors (Lipinski definition) is 4. The number of aromatic nitrogens is 1. The summed E-state index contributed by atoms with van der Waals surface area (Å²) in [6.45, 7) is 2.72. The summed E-state index contributed by atoms with van der Waals surface area (Å²) in [6.07, 6.45) is 3.42. The monoisotopic (exact) mass is 454 g/mol. The van der Waals surface area contributed by atoms with Gasteiger partial charge in [0, 0.05) is 47.0 Å². The number of halogens is 2. The molecule has 160 valence electrons. The van der Waals surface area contributed by atoms with Crippen LogP contribution in [-0.4, -0.2) is 30.1 Å². The first kappa shape index (κ1) is 20.8. The van der Waals surface area contributed by atoms with Crippen LogP contribution in [0.5, 0.6) is 5.75 Å². The number of piperidine rings is 1. The molecule has 3 heterocycles. The number of likely N-dealkylation sites (tertiary alicyclic amines) is 1. The van der Waals surface area contributed by atoms with E-state index in [-0.39, 0.29) is 11.7 Å². The van der Waals surface area contributed by atoms with E-state index in [0.717, 1.165) is 55.0 Å². The summed E-state index contributed by atoms with van der Waals surface area (Å²) in [5.74, 6) is 0.935. The summed E-state index contributed by atoms with van der Waals surface area (Å²) in [5, 5.41) is 1.23. The van der Waals surface area contributed by atoms with Crippen LogP contribution in [0, 0.1) is 0 Å². The van der Waals surface area contributed by atoms with Crippen LogP contribution in [0.4, 0.5) is 0 Å². The van der Waals surface area contributed by atoms with E-state index in [1.807, 2.05) is 36.5 Å². The molecule has 4 nitrogen and oxygen atoms in total. The maximum absolute atomic E-state index is 6.77. The number of para-hydroxylation sites is 1. The Kier molecular flexibility index (Phi) is 5.65. The Balaban J connectivity index is 1.38. The molecule has 2 aliphatic rings. The number of rotatable bonds is 4. The highest BCUT2D eigenvalue weighted by Crippen LogP contribution is 2.51. The van der Waals surface area contributed by atoms with Crippen molar-refractivity contribution in [3.8, 4) is 5.75 Å². The number of benzene rings is 2. The zero-order valence-corrected chi connectivity index (χ0v) is 18.9. The number of ether oxygens (including phenoxy) is 2. The minimum atomic E-state index is -0.382. The fourth-order valence-corrected chi connectivity index (χ4v) is 5.37. The molecule has 31 heavy (non-hydrogen) atoms. The Morgan fingerprint density at radius 1 is 1.06 bits per heavy atom. The van der Waals surface area contributed by atoms with Gasteiger partial charge in [-0.25, -0.2) is 0 Å². The lowest BCUT2D eigenvalue weighted by Crippen LogP contribution is -2.42.